The van der Waals surface area contributed by atoms with E-state index in [9.17, 15) is 4.79 Å². The maximum atomic E-state index is 12.0. The summed E-state index contributed by atoms with van der Waals surface area (Å²) >= 11 is 0. The van der Waals surface area contributed by atoms with E-state index >= 15 is 0 Å². The Morgan fingerprint density at radius 2 is 1.57 bits per heavy atom. The molecule has 0 aliphatic rings. The van der Waals surface area contributed by atoms with Gasteiger partial charge in [0, 0.05) is 6.54 Å². The van der Waals surface area contributed by atoms with Crippen molar-refractivity contribution in [3.63, 3.8) is 0 Å². The molecule has 0 saturated heterocycles. The highest BCUT2D eigenvalue weighted by atomic mass is 35.5. The molecule has 0 fully saturated rings. The number of amides is 1. The lowest BCUT2D eigenvalue weighted by molar-refractivity contribution is -0.124. The van der Waals surface area contributed by atoms with Crippen molar-refractivity contribution in [3.8, 4) is 0 Å². The molecule has 0 bridgehead atoms. The minimum Gasteiger partial charge on any atom is -0.351 e. The molecule has 1 rings (SSSR count). The van der Waals surface area contributed by atoms with Crippen LogP contribution in [-0.4, -0.2) is 11.9 Å². The second kappa shape index (κ2) is 7.28. The molecule has 1 amide bonds. The van der Waals surface area contributed by atoms with Crippen LogP contribution in [0.15, 0.2) is 24.3 Å². The van der Waals surface area contributed by atoms with Gasteiger partial charge in [-0.05, 0) is 22.0 Å². The number of rotatable bonds is 3. The zero-order chi connectivity index (χ0) is 15.6. The maximum absolute atomic E-state index is 12.0. The van der Waals surface area contributed by atoms with E-state index in [1.54, 1.807) is 0 Å². The van der Waals surface area contributed by atoms with Crippen LogP contribution in [0, 0.1) is 5.41 Å². The normalized spacial score (nSPS) is 13.3. The summed E-state index contributed by atoms with van der Waals surface area (Å²) in [5.74, 6) is -0.0996. The Morgan fingerprint density at radius 3 is 1.95 bits per heavy atom. The van der Waals surface area contributed by atoms with Gasteiger partial charge in [-0.2, -0.15) is 0 Å². The molecule has 0 aromatic heterocycles. The van der Waals surface area contributed by atoms with Crippen LogP contribution in [-0.2, 0) is 16.8 Å². The summed E-state index contributed by atoms with van der Waals surface area (Å²) in [5.41, 5.74) is 8.24. The minimum absolute atomic E-state index is 0. The number of hydrogen-bond donors (Lipinski definition) is 2. The zero-order valence-corrected chi connectivity index (χ0v) is 14.8. The average Bonchev–Trinajstić information content (AvgIpc) is 2.33. The first-order valence-corrected chi connectivity index (χ1v) is 7.14. The molecular weight excluding hydrogens is 284 g/mol. The van der Waals surface area contributed by atoms with Gasteiger partial charge in [-0.25, -0.2) is 0 Å². The molecule has 0 aliphatic carbocycles. The summed E-state index contributed by atoms with van der Waals surface area (Å²) in [6.45, 7) is 13.0. The molecule has 1 atom stereocenters. The molecule has 0 heterocycles. The van der Waals surface area contributed by atoms with Gasteiger partial charge in [0.1, 0.15) is 0 Å². The molecule has 1 aromatic carbocycles. The maximum Gasteiger partial charge on any atom is 0.237 e. The number of carbonyl (C=O) groups excluding carboxylic acids is 1. The molecule has 1 aromatic rings. The SMILES string of the molecule is CC(C)(C)c1ccc(CNC(=O)[C@@H](N)C(C)(C)C)cc1.Cl. The van der Waals surface area contributed by atoms with Crippen molar-refractivity contribution in [1.29, 1.82) is 0 Å². The molecule has 3 nitrogen and oxygen atoms in total. The predicted octanol–water partition coefficient (Wildman–Crippen LogP) is 3.40. The molecule has 120 valence electrons. The van der Waals surface area contributed by atoms with E-state index in [-0.39, 0.29) is 29.1 Å². The molecule has 0 aliphatic heterocycles. The summed E-state index contributed by atoms with van der Waals surface area (Å²) in [7, 11) is 0. The monoisotopic (exact) mass is 312 g/mol. The highest BCUT2D eigenvalue weighted by Crippen LogP contribution is 2.22. The van der Waals surface area contributed by atoms with Gasteiger partial charge in [0.25, 0.3) is 0 Å². The lowest BCUT2D eigenvalue weighted by atomic mass is 9.86. The molecule has 0 unspecified atom stereocenters. The van der Waals surface area contributed by atoms with E-state index < -0.39 is 6.04 Å². The quantitative estimate of drug-likeness (QED) is 0.898. The number of nitrogens with two attached hydrogens (primary N) is 1. The van der Waals surface area contributed by atoms with Crippen molar-refractivity contribution in [2.75, 3.05) is 0 Å². The molecule has 4 heteroatoms. The fourth-order valence-electron chi connectivity index (χ4n) is 1.82. The van der Waals surface area contributed by atoms with Crippen molar-refractivity contribution in [3.05, 3.63) is 35.4 Å². The Hall–Kier alpha value is -1.06. The number of carbonyl (C=O) groups is 1. The smallest absolute Gasteiger partial charge is 0.237 e. The number of hydrogen-bond acceptors (Lipinski definition) is 2. The first-order valence-electron chi connectivity index (χ1n) is 7.14. The van der Waals surface area contributed by atoms with Gasteiger partial charge in [0.15, 0.2) is 0 Å². The van der Waals surface area contributed by atoms with Crippen molar-refractivity contribution >= 4 is 18.3 Å². The first-order chi connectivity index (χ1) is 9.01. The van der Waals surface area contributed by atoms with Crippen molar-refractivity contribution in [1.82, 2.24) is 5.32 Å². The lowest BCUT2D eigenvalue weighted by Crippen LogP contribution is -2.48. The van der Waals surface area contributed by atoms with Crippen molar-refractivity contribution in [2.45, 2.75) is 59.5 Å². The molecule has 21 heavy (non-hydrogen) atoms. The number of nitrogens with one attached hydrogen (secondary N) is 1. The van der Waals surface area contributed by atoms with E-state index in [2.05, 4.69) is 50.4 Å². The van der Waals surface area contributed by atoms with Crippen LogP contribution in [0.1, 0.15) is 52.7 Å². The highest BCUT2D eigenvalue weighted by molar-refractivity contribution is 5.85. The summed E-state index contributed by atoms with van der Waals surface area (Å²) in [4.78, 5) is 12.0. The van der Waals surface area contributed by atoms with Crippen LogP contribution >= 0.6 is 12.4 Å². The van der Waals surface area contributed by atoms with E-state index in [4.69, 9.17) is 5.73 Å². The third-order valence-corrected chi connectivity index (χ3v) is 3.50. The van der Waals surface area contributed by atoms with Gasteiger partial charge in [0.2, 0.25) is 5.91 Å². The first kappa shape index (κ1) is 19.9. The molecular formula is C17H29ClN2O. The second-order valence-corrected chi connectivity index (χ2v) is 7.51. The Labute approximate surface area is 135 Å². The summed E-state index contributed by atoms with van der Waals surface area (Å²) < 4.78 is 0. The van der Waals surface area contributed by atoms with Gasteiger partial charge in [-0.3, -0.25) is 4.79 Å². The fourth-order valence-corrected chi connectivity index (χ4v) is 1.82. The largest absolute Gasteiger partial charge is 0.351 e. The van der Waals surface area contributed by atoms with E-state index in [1.807, 2.05) is 20.8 Å². The van der Waals surface area contributed by atoms with Crippen molar-refractivity contribution in [2.24, 2.45) is 11.1 Å². The summed E-state index contributed by atoms with van der Waals surface area (Å²) in [5, 5.41) is 2.90. The molecule has 0 radical (unpaired) electrons. The Bertz CT molecular complexity index is 455. The molecule has 0 saturated carbocycles. The van der Waals surface area contributed by atoms with E-state index in [1.165, 1.54) is 5.56 Å². The molecule has 0 spiro atoms. The van der Waals surface area contributed by atoms with Gasteiger partial charge >= 0.3 is 0 Å². The van der Waals surface area contributed by atoms with Crippen LogP contribution in [0.4, 0.5) is 0 Å². The van der Waals surface area contributed by atoms with Gasteiger partial charge in [-0.1, -0.05) is 65.8 Å². The molecule has 3 N–H and O–H groups in total. The Morgan fingerprint density at radius 1 is 1.10 bits per heavy atom. The van der Waals surface area contributed by atoms with Gasteiger partial charge in [0.05, 0.1) is 6.04 Å². The van der Waals surface area contributed by atoms with E-state index in [0.29, 0.717) is 6.54 Å². The van der Waals surface area contributed by atoms with Crippen LogP contribution in [0.25, 0.3) is 0 Å². The predicted molar refractivity (Wildman–Crippen MR) is 91.7 cm³/mol. The lowest BCUT2D eigenvalue weighted by Gasteiger charge is -2.26. The zero-order valence-electron chi connectivity index (χ0n) is 14.0. The summed E-state index contributed by atoms with van der Waals surface area (Å²) in [6, 6.07) is 7.86. The van der Waals surface area contributed by atoms with Crippen LogP contribution < -0.4 is 11.1 Å². The Kier molecular flexibility index (Phi) is 6.91. The van der Waals surface area contributed by atoms with Crippen LogP contribution in [0.2, 0.25) is 0 Å². The topological polar surface area (TPSA) is 55.1 Å². The van der Waals surface area contributed by atoms with Gasteiger partial charge in [-0.15, -0.1) is 12.4 Å². The van der Waals surface area contributed by atoms with Crippen molar-refractivity contribution < 1.29 is 4.79 Å². The van der Waals surface area contributed by atoms with Crippen LogP contribution in [0.3, 0.4) is 0 Å². The third-order valence-electron chi connectivity index (χ3n) is 3.50. The van der Waals surface area contributed by atoms with Gasteiger partial charge < -0.3 is 11.1 Å². The van der Waals surface area contributed by atoms with E-state index in [0.717, 1.165) is 5.56 Å². The number of benzene rings is 1. The third kappa shape index (κ3) is 6.06. The number of halogens is 1. The fraction of sp³-hybridized carbons (Fsp3) is 0.588. The highest BCUT2D eigenvalue weighted by Gasteiger charge is 2.27. The second-order valence-electron chi connectivity index (χ2n) is 7.51. The standard InChI is InChI=1S/C17H28N2O.ClH/c1-16(2,3)13-9-7-12(8-10-13)11-19-15(20)14(18)17(4,5)6;/h7-10,14H,11,18H2,1-6H3,(H,19,20);1H/t14-;/m1./s1. The minimum atomic E-state index is -0.489. The summed E-state index contributed by atoms with van der Waals surface area (Å²) in [6.07, 6.45) is 0. The Balaban J connectivity index is 0.00000400. The average molecular weight is 313 g/mol. The van der Waals surface area contributed by atoms with Crippen LogP contribution in [0.5, 0.6) is 0 Å².